The van der Waals surface area contributed by atoms with Crippen LogP contribution in [-0.4, -0.2) is 38.0 Å². The van der Waals surface area contributed by atoms with Crippen molar-refractivity contribution in [2.45, 2.75) is 18.7 Å². The van der Waals surface area contributed by atoms with Gasteiger partial charge < -0.3 is 10.6 Å². The van der Waals surface area contributed by atoms with Gasteiger partial charge in [0.1, 0.15) is 5.82 Å². The van der Waals surface area contributed by atoms with E-state index in [2.05, 4.69) is 5.10 Å². The van der Waals surface area contributed by atoms with Crippen LogP contribution in [0, 0.1) is 6.92 Å². The summed E-state index contributed by atoms with van der Waals surface area (Å²) in [4.78, 5) is 1.84. The fraction of sp³-hybridized carbons (Fsp3) is 0.357. The Labute approximate surface area is 125 Å². The molecule has 21 heavy (non-hydrogen) atoms. The lowest BCUT2D eigenvalue weighted by molar-refractivity contribution is 0.602. The van der Waals surface area contributed by atoms with Gasteiger partial charge in [-0.25, -0.2) is 13.1 Å². The number of nitrogen functional groups attached to an aromatic ring is 1. The van der Waals surface area contributed by atoms with Crippen LogP contribution in [0.3, 0.4) is 0 Å². The second-order valence-electron chi connectivity index (χ2n) is 5.02. The van der Waals surface area contributed by atoms with Gasteiger partial charge in [0.05, 0.1) is 5.69 Å². The number of rotatable bonds is 4. The fourth-order valence-corrected chi connectivity index (χ4v) is 3.14. The van der Waals surface area contributed by atoms with Crippen LogP contribution in [0.25, 0.3) is 5.69 Å². The SMILES string of the molecule is CCN(C)c1nn(-c2ccccc2C)c(N)c1S(C)(=O)=O. The molecule has 2 N–H and O–H groups in total. The number of benzene rings is 1. The van der Waals surface area contributed by atoms with Crippen LogP contribution < -0.4 is 10.6 Å². The first-order valence-corrected chi connectivity index (χ1v) is 8.52. The zero-order chi connectivity index (χ0) is 15.8. The minimum Gasteiger partial charge on any atom is -0.382 e. The molecule has 0 spiro atoms. The summed E-state index contributed by atoms with van der Waals surface area (Å²) in [5.41, 5.74) is 7.82. The molecular formula is C14H20N4O2S. The Morgan fingerprint density at radius 3 is 2.48 bits per heavy atom. The van der Waals surface area contributed by atoms with E-state index in [0.29, 0.717) is 12.4 Å². The second-order valence-corrected chi connectivity index (χ2v) is 6.98. The largest absolute Gasteiger partial charge is 0.382 e. The van der Waals surface area contributed by atoms with Gasteiger partial charge in [-0.2, -0.15) is 0 Å². The Bertz CT molecular complexity index is 765. The van der Waals surface area contributed by atoms with Crippen molar-refractivity contribution in [3.63, 3.8) is 0 Å². The van der Waals surface area contributed by atoms with Crippen molar-refractivity contribution >= 4 is 21.5 Å². The molecule has 0 saturated heterocycles. The highest BCUT2D eigenvalue weighted by Crippen LogP contribution is 2.32. The van der Waals surface area contributed by atoms with E-state index in [9.17, 15) is 8.42 Å². The van der Waals surface area contributed by atoms with Crippen molar-refractivity contribution in [1.29, 1.82) is 0 Å². The highest BCUT2D eigenvalue weighted by atomic mass is 32.2. The lowest BCUT2D eigenvalue weighted by Gasteiger charge is -2.14. The van der Waals surface area contributed by atoms with Gasteiger partial charge >= 0.3 is 0 Å². The lowest BCUT2D eigenvalue weighted by atomic mass is 10.2. The molecule has 0 fully saturated rings. The van der Waals surface area contributed by atoms with Crippen LogP contribution in [0.15, 0.2) is 29.2 Å². The van der Waals surface area contributed by atoms with Gasteiger partial charge in [0.25, 0.3) is 0 Å². The van der Waals surface area contributed by atoms with Gasteiger partial charge in [0.15, 0.2) is 20.6 Å². The topological polar surface area (TPSA) is 81.2 Å². The summed E-state index contributed by atoms with van der Waals surface area (Å²) in [5, 5.41) is 4.42. The molecule has 0 atom stereocenters. The highest BCUT2D eigenvalue weighted by Gasteiger charge is 2.26. The third-order valence-corrected chi connectivity index (χ3v) is 4.54. The van der Waals surface area contributed by atoms with E-state index in [4.69, 9.17) is 5.73 Å². The number of para-hydroxylation sites is 1. The van der Waals surface area contributed by atoms with Gasteiger partial charge in [-0.05, 0) is 25.5 Å². The van der Waals surface area contributed by atoms with Gasteiger partial charge in [-0.15, -0.1) is 5.10 Å². The summed E-state index contributed by atoms with van der Waals surface area (Å²) in [6.07, 6.45) is 1.15. The number of nitrogens with zero attached hydrogens (tertiary/aromatic N) is 3. The zero-order valence-corrected chi connectivity index (χ0v) is 13.5. The van der Waals surface area contributed by atoms with Crippen molar-refractivity contribution < 1.29 is 8.42 Å². The molecule has 6 nitrogen and oxygen atoms in total. The first-order chi connectivity index (χ1) is 9.77. The molecule has 1 aromatic carbocycles. The standard InChI is InChI=1S/C14H20N4O2S/c1-5-17(3)14-12(21(4,19)20)13(15)18(16-14)11-9-7-6-8-10(11)2/h6-9H,5,15H2,1-4H3. The van der Waals surface area contributed by atoms with E-state index in [-0.39, 0.29) is 10.7 Å². The number of hydrogen-bond acceptors (Lipinski definition) is 5. The molecule has 0 aliphatic carbocycles. The molecule has 0 bridgehead atoms. The fourth-order valence-electron chi connectivity index (χ4n) is 2.14. The number of aromatic nitrogens is 2. The quantitative estimate of drug-likeness (QED) is 0.928. The van der Waals surface area contributed by atoms with Crippen molar-refractivity contribution in [2.24, 2.45) is 0 Å². The van der Waals surface area contributed by atoms with Gasteiger partial charge in [-0.1, -0.05) is 18.2 Å². The van der Waals surface area contributed by atoms with E-state index in [1.54, 1.807) is 11.9 Å². The lowest BCUT2D eigenvalue weighted by Crippen LogP contribution is -2.19. The summed E-state index contributed by atoms with van der Waals surface area (Å²) < 4.78 is 25.6. The van der Waals surface area contributed by atoms with Crippen LogP contribution in [0.4, 0.5) is 11.6 Å². The zero-order valence-electron chi connectivity index (χ0n) is 12.7. The molecule has 2 aromatic rings. The summed E-state index contributed by atoms with van der Waals surface area (Å²) in [6, 6.07) is 7.57. The molecule has 2 rings (SSSR count). The average Bonchev–Trinajstić information content (AvgIpc) is 2.76. The second kappa shape index (κ2) is 5.40. The smallest absolute Gasteiger partial charge is 0.182 e. The van der Waals surface area contributed by atoms with Crippen LogP contribution in [0.1, 0.15) is 12.5 Å². The van der Waals surface area contributed by atoms with E-state index < -0.39 is 9.84 Å². The van der Waals surface area contributed by atoms with E-state index in [0.717, 1.165) is 17.5 Å². The molecule has 0 aliphatic heterocycles. The molecule has 0 aliphatic rings. The molecule has 0 radical (unpaired) electrons. The van der Waals surface area contributed by atoms with Gasteiger partial charge in [0.2, 0.25) is 0 Å². The molecular weight excluding hydrogens is 288 g/mol. The van der Waals surface area contributed by atoms with E-state index in [1.807, 2.05) is 38.1 Å². The van der Waals surface area contributed by atoms with Crippen LogP contribution >= 0.6 is 0 Å². The maximum absolute atomic E-state index is 12.1. The predicted molar refractivity (Wildman–Crippen MR) is 84.8 cm³/mol. The van der Waals surface area contributed by atoms with Crippen LogP contribution in [0.2, 0.25) is 0 Å². The molecule has 1 aromatic heterocycles. The van der Waals surface area contributed by atoms with Crippen molar-refractivity contribution in [2.75, 3.05) is 30.5 Å². The average molecular weight is 308 g/mol. The van der Waals surface area contributed by atoms with Crippen molar-refractivity contribution in [3.05, 3.63) is 29.8 Å². The third kappa shape index (κ3) is 2.73. The normalized spacial score (nSPS) is 11.6. The van der Waals surface area contributed by atoms with Gasteiger partial charge in [-0.3, -0.25) is 0 Å². The number of aryl methyl sites for hydroxylation is 1. The maximum atomic E-state index is 12.1. The molecule has 0 saturated carbocycles. The molecule has 7 heteroatoms. The summed E-state index contributed by atoms with van der Waals surface area (Å²) in [6.45, 7) is 4.49. The third-order valence-electron chi connectivity index (χ3n) is 3.41. The Morgan fingerprint density at radius 2 is 1.95 bits per heavy atom. The van der Waals surface area contributed by atoms with Crippen LogP contribution in [0.5, 0.6) is 0 Å². The molecule has 0 amide bonds. The highest BCUT2D eigenvalue weighted by molar-refractivity contribution is 7.91. The maximum Gasteiger partial charge on any atom is 0.182 e. The van der Waals surface area contributed by atoms with Crippen molar-refractivity contribution in [1.82, 2.24) is 9.78 Å². The van der Waals surface area contributed by atoms with Crippen LogP contribution in [-0.2, 0) is 9.84 Å². The Hall–Kier alpha value is -2.02. The Balaban J connectivity index is 2.77. The van der Waals surface area contributed by atoms with Gasteiger partial charge in [0, 0.05) is 19.8 Å². The monoisotopic (exact) mass is 308 g/mol. The summed E-state index contributed by atoms with van der Waals surface area (Å²) >= 11 is 0. The first-order valence-electron chi connectivity index (χ1n) is 6.63. The minimum absolute atomic E-state index is 0.0788. The van der Waals surface area contributed by atoms with Crippen molar-refractivity contribution in [3.8, 4) is 5.69 Å². The first kappa shape index (κ1) is 15.4. The predicted octanol–water partition coefficient (Wildman–Crippen LogP) is 1.62. The number of nitrogens with two attached hydrogens (primary N) is 1. The van der Waals surface area contributed by atoms with E-state index in [1.165, 1.54) is 4.68 Å². The summed E-state index contributed by atoms with van der Waals surface area (Å²) in [7, 11) is -1.68. The number of anilines is 2. The number of sulfone groups is 1. The summed E-state index contributed by atoms with van der Waals surface area (Å²) in [5.74, 6) is 0.517. The Morgan fingerprint density at radius 1 is 1.33 bits per heavy atom. The molecule has 1 heterocycles. The minimum atomic E-state index is -3.47. The number of hydrogen-bond donors (Lipinski definition) is 1. The molecule has 0 unspecified atom stereocenters. The van der Waals surface area contributed by atoms with E-state index >= 15 is 0 Å². The molecule has 114 valence electrons. The Kier molecular flexibility index (Phi) is 3.95.